The molecule has 30 heavy (non-hydrogen) atoms. The second kappa shape index (κ2) is 9.02. The summed E-state index contributed by atoms with van der Waals surface area (Å²) in [4.78, 5) is 25.2. The number of ether oxygens (including phenoxy) is 1. The molecule has 3 rings (SSSR count). The number of anilines is 2. The minimum atomic E-state index is -4.41. The van der Waals surface area contributed by atoms with Crippen molar-refractivity contribution in [3.8, 4) is 5.75 Å². The van der Waals surface area contributed by atoms with E-state index in [1.165, 1.54) is 30.3 Å². The standard InChI is InChI=1S/C20H20F3N3O4/c21-20(22,23)13-30-16-7-5-15(6-8-16)24-19(27)14-9-11-25(12-10-14)17-3-1-2-4-18(17)26(28)29/h1-8,14H,9-13H2,(H,24,27). The predicted octanol–water partition coefficient (Wildman–Crippen LogP) is 4.39. The number of alkyl halides is 3. The number of halogens is 3. The molecule has 1 aliphatic heterocycles. The molecule has 2 aromatic rings. The Morgan fingerprint density at radius 1 is 1.13 bits per heavy atom. The molecule has 1 aliphatic rings. The Kier molecular flexibility index (Phi) is 6.43. The predicted molar refractivity (Wildman–Crippen MR) is 105 cm³/mol. The molecule has 1 N–H and O–H groups in total. The number of nitro benzene ring substituents is 1. The Hall–Kier alpha value is -3.30. The zero-order valence-electron chi connectivity index (χ0n) is 15.9. The van der Waals surface area contributed by atoms with E-state index in [4.69, 9.17) is 0 Å². The van der Waals surface area contributed by atoms with Crippen LogP contribution in [0.4, 0.5) is 30.2 Å². The number of benzene rings is 2. The molecule has 0 aliphatic carbocycles. The molecule has 1 saturated heterocycles. The Bertz CT molecular complexity index is 895. The van der Waals surface area contributed by atoms with Gasteiger partial charge < -0.3 is 15.0 Å². The van der Waals surface area contributed by atoms with Crippen LogP contribution in [-0.4, -0.2) is 36.7 Å². The molecule has 0 radical (unpaired) electrons. The maximum absolute atomic E-state index is 12.5. The van der Waals surface area contributed by atoms with Gasteiger partial charge in [-0.25, -0.2) is 0 Å². The molecule has 0 atom stereocenters. The maximum atomic E-state index is 12.5. The summed E-state index contributed by atoms with van der Waals surface area (Å²) in [6, 6.07) is 12.2. The summed E-state index contributed by atoms with van der Waals surface area (Å²) in [5.74, 6) is -0.394. The molecule has 160 valence electrons. The molecule has 1 fully saturated rings. The van der Waals surface area contributed by atoms with Gasteiger partial charge in [-0.1, -0.05) is 12.1 Å². The first-order chi connectivity index (χ1) is 14.2. The van der Waals surface area contributed by atoms with Crippen molar-refractivity contribution in [3.05, 3.63) is 58.6 Å². The van der Waals surface area contributed by atoms with Crippen molar-refractivity contribution < 1.29 is 27.6 Å². The van der Waals surface area contributed by atoms with Crippen LogP contribution in [0, 0.1) is 16.0 Å². The lowest BCUT2D eigenvalue weighted by molar-refractivity contribution is -0.384. The van der Waals surface area contributed by atoms with Crippen LogP contribution in [-0.2, 0) is 4.79 Å². The molecule has 0 bridgehead atoms. The summed E-state index contributed by atoms with van der Waals surface area (Å²) in [7, 11) is 0. The van der Waals surface area contributed by atoms with Gasteiger partial charge in [0.2, 0.25) is 5.91 Å². The number of hydrogen-bond acceptors (Lipinski definition) is 5. The first-order valence-electron chi connectivity index (χ1n) is 9.32. The van der Waals surface area contributed by atoms with Gasteiger partial charge in [-0.2, -0.15) is 13.2 Å². The van der Waals surface area contributed by atoms with E-state index in [1.54, 1.807) is 18.2 Å². The second-order valence-corrected chi connectivity index (χ2v) is 6.92. The molecule has 2 aromatic carbocycles. The number of nitro groups is 1. The smallest absolute Gasteiger partial charge is 0.422 e. The van der Waals surface area contributed by atoms with Gasteiger partial charge in [0.05, 0.1) is 4.92 Å². The molecule has 10 heteroatoms. The van der Waals surface area contributed by atoms with Crippen LogP contribution in [0.15, 0.2) is 48.5 Å². The van der Waals surface area contributed by atoms with E-state index in [1.807, 2.05) is 4.90 Å². The minimum Gasteiger partial charge on any atom is -0.484 e. The van der Waals surface area contributed by atoms with Crippen LogP contribution in [0.25, 0.3) is 0 Å². The number of hydrogen-bond donors (Lipinski definition) is 1. The Balaban J connectivity index is 1.53. The average molecular weight is 423 g/mol. The van der Waals surface area contributed by atoms with E-state index in [0.29, 0.717) is 37.3 Å². The third kappa shape index (κ3) is 5.62. The highest BCUT2D eigenvalue weighted by atomic mass is 19.4. The SMILES string of the molecule is O=C(Nc1ccc(OCC(F)(F)F)cc1)C1CCN(c2ccccc2[N+](=O)[O-])CC1. The highest BCUT2D eigenvalue weighted by Crippen LogP contribution is 2.31. The minimum absolute atomic E-state index is 0.0354. The second-order valence-electron chi connectivity index (χ2n) is 6.92. The Labute approximate surface area is 170 Å². The molecule has 1 amide bonds. The van der Waals surface area contributed by atoms with E-state index in [9.17, 15) is 28.1 Å². The van der Waals surface area contributed by atoms with Crippen molar-refractivity contribution in [3.63, 3.8) is 0 Å². The number of carbonyl (C=O) groups excluding carboxylic acids is 1. The van der Waals surface area contributed by atoms with Gasteiger partial charge in [0.25, 0.3) is 5.69 Å². The third-order valence-corrected chi connectivity index (χ3v) is 4.81. The van der Waals surface area contributed by atoms with Crippen molar-refractivity contribution in [1.29, 1.82) is 0 Å². The van der Waals surface area contributed by atoms with Crippen molar-refractivity contribution in [1.82, 2.24) is 0 Å². The number of nitrogens with one attached hydrogen (secondary N) is 1. The normalized spacial score (nSPS) is 15.0. The number of rotatable bonds is 6. The van der Waals surface area contributed by atoms with E-state index < -0.39 is 17.7 Å². The molecule has 0 saturated carbocycles. The van der Waals surface area contributed by atoms with Crippen LogP contribution in [0.3, 0.4) is 0 Å². The van der Waals surface area contributed by atoms with Crippen LogP contribution in [0.5, 0.6) is 5.75 Å². The number of carbonyl (C=O) groups is 1. The zero-order chi connectivity index (χ0) is 21.7. The number of nitrogens with zero attached hydrogens (tertiary/aromatic N) is 2. The lowest BCUT2D eigenvalue weighted by Gasteiger charge is -2.32. The summed E-state index contributed by atoms with van der Waals surface area (Å²) >= 11 is 0. The van der Waals surface area contributed by atoms with Gasteiger partial charge in [-0.15, -0.1) is 0 Å². The van der Waals surface area contributed by atoms with Crippen molar-refractivity contribution in [2.45, 2.75) is 19.0 Å². The monoisotopic (exact) mass is 423 g/mol. The van der Waals surface area contributed by atoms with E-state index >= 15 is 0 Å². The maximum Gasteiger partial charge on any atom is 0.422 e. The molecule has 0 aromatic heterocycles. The highest BCUT2D eigenvalue weighted by Gasteiger charge is 2.29. The fourth-order valence-electron chi connectivity index (χ4n) is 3.31. The van der Waals surface area contributed by atoms with Gasteiger partial charge in [-0.05, 0) is 43.2 Å². The summed E-state index contributed by atoms with van der Waals surface area (Å²) in [5.41, 5.74) is 1.03. The highest BCUT2D eigenvalue weighted by molar-refractivity contribution is 5.92. The number of amides is 1. The Morgan fingerprint density at radius 3 is 2.37 bits per heavy atom. The van der Waals surface area contributed by atoms with Crippen LogP contribution < -0.4 is 15.0 Å². The van der Waals surface area contributed by atoms with Gasteiger partial charge in [0.15, 0.2) is 6.61 Å². The lowest BCUT2D eigenvalue weighted by Crippen LogP contribution is -2.38. The van der Waals surface area contributed by atoms with Crippen molar-refractivity contribution in [2.24, 2.45) is 5.92 Å². The van der Waals surface area contributed by atoms with Crippen molar-refractivity contribution in [2.75, 3.05) is 29.9 Å². The lowest BCUT2D eigenvalue weighted by atomic mass is 9.95. The van der Waals surface area contributed by atoms with E-state index in [0.717, 1.165) is 0 Å². The molecule has 0 spiro atoms. The topological polar surface area (TPSA) is 84.7 Å². The number of para-hydroxylation sites is 2. The van der Waals surface area contributed by atoms with Gasteiger partial charge >= 0.3 is 6.18 Å². The fraction of sp³-hybridized carbons (Fsp3) is 0.350. The van der Waals surface area contributed by atoms with Gasteiger partial charge in [-0.3, -0.25) is 14.9 Å². The molecule has 0 unspecified atom stereocenters. The third-order valence-electron chi connectivity index (χ3n) is 4.81. The molecule has 7 nitrogen and oxygen atoms in total. The molecule has 1 heterocycles. The molecular formula is C20H20F3N3O4. The van der Waals surface area contributed by atoms with Crippen molar-refractivity contribution >= 4 is 23.0 Å². The fourth-order valence-corrected chi connectivity index (χ4v) is 3.31. The summed E-state index contributed by atoms with van der Waals surface area (Å²) in [6.07, 6.45) is -3.35. The molecular weight excluding hydrogens is 403 g/mol. The first kappa shape index (κ1) is 21.4. The van der Waals surface area contributed by atoms with E-state index in [-0.39, 0.29) is 23.3 Å². The average Bonchev–Trinajstić information content (AvgIpc) is 2.73. The van der Waals surface area contributed by atoms with Crippen LogP contribution >= 0.6 is 0 Å². The van der Waals surface area contributed by atoms with Gasteiger partial charge in [0, 0.05) is 30.8 Å². The Morgan fingerprint density at radius 2 is 1.77 bits per heavy atom. The first-order valence-corrected chi connectivity index (χ1v) is 9.32. The largest absolute Gasteiger partial charge is 0.484 e. The van der Waals surface area contributed by atoms with Crippen LogP contribution in [0.1, 0.15) is 12.8 Å². The van der Waals surface area contributed by atoms with Gasteiger partial charge in [0.1, 0.15) is 11.4 Å². The summed E-state index contributed by atoms with van der Waals surface area (Å²) < 4.78 is 41.2. The summed E-state index contributed by atoms with van der Waals surface area (Å²) in [6.45, 7) is -0.364. The van der Waals surface area contributed by atoms with Crippen LogP contribution in [0.2, 0.25) is 0 Å². The summed E-state index contributed by atoms with van der Waals surface area (Å²) in [5, 5.41) is 14.0. The number of piperidine rings is 1. The van der Waals surface area contributed by atoms with E-state index in [2.05, 4.69) is 10.1 Å². The zero-order valence-corrected chi connectivity index (χ0v) is 15.9. The quantitative estimate of drug-likeness (QED) is 0.550.